The van der Waals surface area contributed by atoms with Gasteiger partial charge in [0, 0.05) is 17.8 Å². The third-order valence-corrected chi connectivity index (χ3v) is 4.25. The van der Waals surface area contributed by atoms with Crippen LogP contribution in [0, 0.1) is 6.92 Å². The maximum Gasteiger partial charge on any atom is 0.238 e. The van der Waals surface area contributed by atoms with Crippen LogP contribution in [0.4, 0.5) is 5.69 Å². The zero-order chi connectivity index (χ0) is 20.0. The van der Waals surface area contributed by atoms with Crippen molar-refractivity contribution < 1.29 is 19.1 Å². The molecule has 2 aromatic carbocycles. The summed E-state index contributed by atoms with van der Waals surface area (Å²) in [6, 6.07) is 10.8. The summed E-state index contributed by atoms with van der Waals surface area (Å²) >= 11 is 0. The van der Waals surface area contributed by atoms with Crippen LogP contribution < -0.4 is 14.8 Å². The number of hydrogen-bond donors (Lipinski definition) is 1. The molecule has 0 atom stereocenters. The molecule has 6 heteroatoms. The highest BCUT2D eigenvalue weighted by atomic mass is 16.5. The fraction of sp³-hybridized carbons (Fsp3) is 0.333. The average Bonchev–Trinajstić information content (AvgIpc) is 2.62. The summed E-state index contributed by atoms with van der Waals surface area (Å²) < 4.78 is 10.7. The number of methoxy groups -OCH3 is 2. The van der Waals surface area contributed by atoms with E-state index in [1.54, 1.807) is 38.5 Å². The lowest BCUT2D eigenvalue weighted by Gasteiger charge is -2.19. The van der Waals surface area contributed by atoms with Crippen LogP contribution in [-0.2, 0) is 11.3 Å². The number of likely N-dealkylation sites (N-methyl/N-ethyl adjacent to an activating group) is 1. The van der Waals surface area contributed by atoms with Gasteiger partial charge in [-0.3, -0.25) is 14.5 Å². The molecule has 0 saturated heterocycles. The Bertz CT molecular complexity index is 833. The highest BCUT2D eigenvalue weighted by Crippen LogP contribution is 2.30. The standard InChI is InChI=1S/C21H26N2O4/c1-14-9-19(26-4)20(27-5)11-17(14)12-23(3)13-21(25)22-18-8-6-7-16(10-18)15(2)24/h6-11H,12-13H2,1-5H3,(H,22,25). The third-order valence-electron chi connectivity index (χ3n) is 4.25. The highest BCUT2D eigenvalue weighted by molar-refractivity contribution is 5.97. The molecule has 6 nitrogen and oxygen atoms in total. The summed E-state index contributed by atoms with van der Waals surface area (Å²) in [6.45, 7) is 4.31. The van der Waals surface area contributed by atoms with Crippen LogP contribution >= 0.6 is 0 Å². The molecule has 2 rings (SSSR count). The summed E-state index contributed by atoms with van der Waals surface area (Å²) in [4.78, 5) is 25.7. The van der Waals surface area contributed by atoms with E-state index in [1.807, 2.05) is 31.0 Å². The van der Waals surface area contributed by atoms with Crippen molar-refractivity contribution in [3.63, 3.8) is 0 Å². The fourth-order valence-electron chi connectivity index (χ4n) is 2.80. The van der Waals surface area contributed by atoms with Crippen LogP contribution in [0.2, 0.25) is 0 Å². The molecule has 1 amide bonds. The van der Waals surface area contributed by atoms with E-state index in [0.717, 1.165) is 11.1 Å². The zero-order valence-electron chi connectivity index (χ0n) is 16.5. The lowest BCUT2D eigenvalue weighted by molar-refractivity contribution is -0.117. The number of amides is 1. The minimum Gasteiger partial charge on any atom is -0.493 e. The van der Waals surface area contributed by atoms with E-state index >= 15 is 0 Å². The van der Waals surface area contributed by atoms with Crippen molar-refractivity contribution in [1.29, 1.82) is 0 Å². The Labute approximate surface area is 160 Å². The Kier molecular flexibility index (Phi) is 6.96. The number of ether oxygens (including phenoxy) is 2. The minimum absolute atomic E-state index is 0.0351. The average molecular weight is 370 g/mol. The van der Waals surface area contributed by atoms with Crippen molar-refractivity contribution >= 4 is 17.4 Å². The first-order chi connectivity index (χ1) is 12.8. The SMILES string of the molecule is COc1cc(C)c(CN(C)CC(=O)Nc2cccc(C(C)=O)c2)cc1OC. The first kappa shape index (κ1) is 20.5. The molecule has 0 aromatic heterocycles. The van der Waals surface area contributed by atoms with Gasteiger partial charge < -0.3 is 14.8 Å². The number of aryl methyl sites for hydroxylation is 1. The van der Waals surface area contributed by atoms with Gasteiger partial charge in [-0.1, -0.05) is 12.1 Å². The van der Waals surface area contributed by atoms with Crippen molar-refractivity contribution in [1.82, 2.24) is 4.90 Å². The number of anilines is 1. The lowest BCUT2D eigenvalue weighted by atomic mass is 10.1. The van der Waals surface area contributed by atoms with Crippen LogP contribution in [-0.4, -0.2) is 44.4 Å². The molecular weight excluding hydrogens is 344 g/mol. The van der Waals surface area contributed by atoms with E-state index < -0.39 is 0 Å². The largest absolute Gasteiger partial charge is 0.493 e. The van der Waals surface area contributed by atoms with E-state index in [9.17, 15) is 9.59 Å². The molecule has 0 spiro atoms. The Morgan fingerprint density at radius 2 is 1.74 bits per heavy atom. The molecule has 0 unspecified atom stereocenters. The van der Waals surface area contributed by atoms with Crippen LogP contribution in [0.3, 0.4) is 0 Å². The molecule has 0 saturated carbocycles. The van der Waals surface area contributed by atoms with Crippen LogP contribution in [0.1, 0.15) is 28.4 Å². The van der Waals surface area contributed by atoms with E-state index in [2.05, 4.69) is 5.32 Å². The first-order valence-corrected chi connectivity index (χ1v) is 8.65. The molecule has 0 aliphatic carbocycles. The Balaban J connectivity index is 2.01. The van der Waals surface area contributed by atoms with Crippen LogP contribution in [0.15, 0.2) is 36.4 Å². The minimum atomic E-state index is -0.142. The Morgan fingerprint density at radius 1 is 1.07 bits per heavy atom. The molecule has 0 aliphatic heterocycles. The molecule has 0 radical (unpaired) electrons. The first-order valence-electron chi connectivity index (χ1n) is 8.65. The van der Waals surface area contributed by atoms with Crippen molar-refractivity contribution in [3.8, 4) is 11.5 Å². The molecule has 27 heavy (non-hydrogen) atoms. The number of rotatable bonds is 8. The lowest BCUT2D eigenvalue weighted by Crippen LogP contribution is -2.30. The summed E-state index contributed by atoms with van der Waals surface area (Å²) in [5.74, 6) is 1.17. The van der Waals surface area contributed by atoms with Crippen molar-refractivity contribution in [2.24, 2.45) is 0 Å². The molecule has 0 fully saturated rings. The van der Waals surface area contributed by atoms with Gasteiger partial charge in [-0.25, -0.2) is 0 Å². The third kappa shape index (κ3) is 5.56. The van der Waals surface area contributed by atoms with Gasteiger partial charge in [0.15, 0.2) is 17.3 Å². The summed E-state index contributed by atoms with van der Waals surface area (Å²) in [5, 5.41) is 2.83. The summed E-state index contributed by atoms with van der Waals surface area (Å²) in [6.07, 6.45) is 0. The topological polar surface area (TPSA) is 67.9 Å². The van der Waals surface area contributed by atoms with E-state index in [1.165, 1.54) is 6.92 Å². The van der Waals surface area contributed by atoms with Gasteiger partial charge in [0.2, 0.25) is 5.91 Å². The van der Waals surface area contributed by atoms with Gasteiger partial charge in [-0.15, -0.1) is 0 Å². The molecular formula is C21H26N2O4. The second-order valence-corrected chi connectivity index (χ2v) is 6.49. The maximum absolute atomic E-state index is 12.3. The molecule has 0 aliphatic rings. The van der Waals surface area contributed by atoms with Gasteiger partial charge >= 0.3 is 0 Å². The number of ketones is 1. The van der Waals surface area contributed by atoms with Crippen molar-refractivity contribution in [2.45, 2.75) is 20.4 Å². The van der Waals surface area contributed by atoms with Crippen LogP contribution in [0.5, 0.6) is 11.5 Å². The number of Topliss-reactive ketones (excluding diaryl/α,β-unsaturated/α-hetero) is 1. The number of nitrogens with zero attached hydrogens (tertiary/aromatic N) is 1. The predicted molar refractivity (Wildman–Crippen MR) is 106 cm³/mol. The van der Waals surface area contributed by atoms with Gasteiger partial charge in [0.25, 0.3) is 0 Å². The zero-order valence-corrected chi connectivity index (χ0v) is 16.5. The van der Waals surface area contributed by atoms with E-state index in [4.69, 9.17) is 9.47 Å². The van der Waals surface area contributed by atoms with Crippen molar-refractivity contribution in [2.75, 3.05) is 33.1 Å². The summed E-state index contributed by atoms with van der Waals surface area (Å²) in [7, 11) is 5.08. The van der Waals surface area contributed by atoms with Gasteiger partial charge in [-0.05, 0) is 56.3 Å². The number of hydrogen-bond acceptors (Lipinski definition) is 5. The Morgan fingerprint density at radius 3 is 2.37 bits per heavy atom. The number of carbonyl (C=O) groups excluding carboxylic acids is 2. The van der Waals surface area contributed by atoms with Crippen molar-refractivity contribution in [3.05, 3.63) is 53.1 Å². The number of nitrogens with one attached hydrogen (secondary N) is 1. The van der Waals surface area contributed by atoms with Gasteiger partial charge in [0.1, 0.15) is 0 Å². The van der Waals surface area contributed by atoms with Gasteiger partial charge in [0.05, 0.1) is 20.8 Å². The molecule has 144 valence electrons. The van der Waals surface area contributed by atoms with E-state index in [0.29, 0.717) is 29.3 Å². The van der Waals surface area contributed by atoms with E-state index in [-0.39, 0.29) is 18.2 Å². The molecule has 0 bridgehead atoms. The van der Waals surface area contributed by atoms with Gasteiger partial charge in [-0.2, -0.15) is 0 Å². The smallest absolute Gasteiger partial charge is 0.238 e. The fourth-order valence-corrected chi connectivity index (χ4v) is 2.80. The second-order valence-electron chi connectivity index (χ2n) is 6.49. The predicted octanol–water partition coefficient (Wildman–Crippen LogP) is 3.29. The molecule has 0 heterocycles. The normalized spacial score (nSPS) is 10.6. The highest BCUT2D eigenvalue weighted by Gasteiger charge is 2.13. The molecule has 2 aromatic rings. The molecule has 1 N–H and O–H groups in total. The monoisotopic (exact) mass is 370 g/mol. The second kappa shape index (κ2) is 9.19. The Hall–Kier alpha value is -2.86. The summed E-state index contributed by atoms with van der Waals surface area (Å²) in [5.41, 5.74) is 3.31. The number of benzene rings is 2. The quantitative estimate of drug-likeness (QED) is 0.722. The number of carbonyl (C=O) groups is 2. The van der Waals surface area contributed by atoms with Crippen LogP contribution in [0.25, 0.3) is 0 Å². The maximum atomic E-state index is 12.3.